The molecule has 1 heterocycles. The Morgan fingerprint density at radius 1 is 1.35 bits per heavy atom. The van der Waals surface area contributed by atoms with Gasteiger partial charge in [-0.15, -0.1) is 0 Å². The summed E-state index contributed by atoms with van der Waals surface area (Å²) < 4.78 is 10.7. The van der Waals surface area contributed by atoms with Gasteiger partial charge in [-0.05, 0) is 36.5 Å². The van der Waals surface area contributed by atoms with Gasteiger partial charge in [-0.25, -0.2) is 0 Å². The summed E-state index contributed by atoms with van der Waals surface area (Å²) in [5, 5.41) is 13.4. The molecule has 0 aliphatic carbocycles. The second-order valence-corrected chi connectivity index (χ2v) is 6.16. The van der Waals surface area contributed by atoms with E-state index in [0.29, 0.717) is 19.2 Å². The van der Waals surface area contributed by atoms with Crippen LogP contribution in [0.2, 0.25) is 0 Å². The Hall–Kier alpha value is -0.910. The van der Waals surface area contributed by atoms with E-state index in [1.165, 1.54) is 24.3 Å². The molecular formula is C15H23NO3S. The predicted molar refractivity (Wildman–Crippen MR) is 82.8 cm³/mol. The van der Waals surface area contributed by atoms with Crippen LogP contribution < -0.4 is 14.8 Å². The molecule has 2 rings (SSSR count). The van der Waals surface area contributed by atoms with Crippen LogP contribution in [0.5, 0.6) is 11.5 Å². The van der Waals surface area contributed by atoms with Gasteiger partial charge >= 0.3 is 0 Å². The van der Waals surface area contributed by atoms with Crippen LogP contribution in [0.15, 0.2) is 24.3 Å². The number of thioether (sulfide) groups is 1. The first-order valence-electron chi connectivity index (χ1n) is 7.04. The standard InChI is InChI=1S/C15H23NO3S/c1-18-14-3-2-4-15(9-14)19-11-13(17)10-16-12-5-7-20-8-6-12/h2-4,9,12-13,16-17H,5-8,10-11H2,1H3/t13-/m0/s1. The molecule has 0 bridgehead atoms. The maximum atomic E-state index is 9.94. The average Bonchev–Trinajstić information content (AvgIpc) is 2.52. The van der Waals surface area contributed by atoms with Crippen molar-refractivity contribution in [3.05, 3.63) is 24.3 Å². The Morgan fingerprint density at radius 3 is 2.85 bits per heavy atom. The highest BCUT2D eigenvalue weighted by Crippen LogP contribution is 2.19. The summed E-state index contributed by atoms with van der Waals surface area (Å²) >= 11 is 2.00. The number of aliphatic hydroxyl groups is 1. The minimum absolute atomic E-state index is 0.293. The molecule has 1 fully saturated rings. The Morgan fingerprint density at radius 2 is 2.10 bits per heavy atom. The lowest BCUT2D eigenvalue weighted by atomic mass is 10.1. The van der Waals surface area contributed by atoms with E-state index in [1.807, 2.05) is 36.0 Å². The third-order valence-electron chi connectivity index (χ3n) is 3.35. The molecule has 2 N–H and O–H groups in total. The summed E-state index contributed by atoms with van der Waals surface area (Å²) in [6.45, 7) is 0.876. The van der Waals surface area contributed by atoms with Crippen molar-refractivity contribution in [3.63, 3.8) is 0 Å². The fourth-order valence-corrected chi connectivity index (χ4v) is 3.25. The van der Waals surface area contributed by atoms with Crippen LogP contribution in [-0.4, -0.2) is 49.0 Å². The van der Waals surface area contributed by atoms with Gasteiger partial charge in [0.1, 0.15) is 24.2 Å². The molecule has 1 atom stereocenters. The molecule has 0 saturated carbocycles. The molecular weight excluding hydrogens is 274 g/mol. The minimum atomic E-state index is -0.490. The zero-order chi connectivity index (χ0) is 14.2. The van der Waals surface area contributed by atoms with Crippen LogP contribution in [0.1, 0.15) is 12.8 Å². The van der Waals surface area contributed by atoms with Crippen LogP contribution in [0, 0.1) is 0 Å². The van der Waals surface area contributed by atoms with Crippen molar-refractivity contribution in [3.8, 4) is 11.5 Å². The molecule has 4 nitrogen and oxygen atoms in total. The molecule has 1 aromatic rings. The number of rotatable bonds is 7. The number of hydrogen-bond donors (Lipinski definition) is 2. The van der Waals surface area contributed by atoms with Gasteiger partial charge < -0.3 is 19.9 Å². The highest BCUT2D eigenvalue weighted by atomic mass is 32.2. The number of aliphatic hydroxyl groups excluding tert-OH is 1. The Labute approximate surface area is 124 Å². The van der Waals surface area contributed by atoms with E-state index in [9.17, 15) is 5.11 Å². The Bertz CT molecular complexity index is 396. The molecule has 0 amide bonds. The van der Waals surface area contributed by atoms with Gasteiger partial charge in [0.15, 0.2) is 0 Å². The predicted octanol–water partition coefficient (Wildman–Crippen LogP) is 1.92. The topological polar surface area (TPSA) is 50.7 Å². The van der Waals surface area contributed by atoms with Crippen LogP contribution in [0.3, 0.4) is 0 Å². The zero-order valence-corrected chi connectivity index (χ0v) is 12.7. The van der Waals surface area contributed by atoms with Crippen LogP contribution in [0.4, 0.5) is 0 Å². The van der Waals surface area contributed by atoms with Crippen LogP contribution in [0.25, 0.3) is 0 Å². The SMILES string of the molecule is COc1cccc(OC[C@@H](O)CNC2CCSCC2)c1. The molecule has 112 valence electrons. The van der Waals surface area contributed by atoms with Crippen molar-refractivity contribution in [2.75, 3.05) is 31.8 Å². The van der Waals surface area contributed by atoms with Gasteiger partial charge in [0.05, 0.1) is 7.11 Å². The molecule has 5 heteroatoms. The summed E-state index contributed by atoms with van der Waals surface area (Å²) in [6, 6.07) is 7.96. The van der Waals surface area contributed by atoms with Crippen LogP contribution >= 0.6 is 11.8 Å². The van der Waals surface area contributed by atoms with Gasteiger partial charge in [-0.3, -0.25) is 0 Å². The summed E-state index contributed by atoms with van der Waals surface area (Å²) in [4.78, 5) is 0. The van der Waals surface area contributed by atoms with E-state index in [2.05, 4.69) is 5.32 Å². The molecule has 0 radical (unpaired) electrons. The number of ether oxygens (including phenoxy) is 2. The van der Waals surface area contributed by atoms with Gasteiger partial charge in [0.2, 0.25) is 0 Å². The molecule has 1 aliphatic rings. The molecule has 1 saturated heterocycles. The minimum Gasteiger partial charge on any atom is -0.497 e. The Kier molecular flexibility index (Phi) is 6.50. The van der Waals surface area contributed by atoms with Gasteiger partial charge in [0.25, 0.3) is 0 Å². The molecule has 20 heavy (non-hydrogen) atoms. The highest BCUT2D eigenvalue weighted by molar-refractivity contribution is 7.99. The van der Waals surface area contributed by atoms with E-state index in [0.717, 1.165) is 11.5 Å². The van der Waals surface area contributed by atoms with Crippen molar-refractivity contribution in [1.29, 1.82) is 0 Å². The Balaban J connectivity index is 1.67. The fourth-order valence-electron chi connectivity index (χ4n) is 2.15. The van der Waals surface area contributed by atoms with Crippen LogP contribution in [-0.2, 0) is 0 Å². The smallest absolute Gasteiger partial charge is 0.123 e. The van der Waals surface area contributed by atoms with Crippen molar-refractivity contribution >= 4 is 11.8 Å². The van der Waals surface area contributed by atoms with Crippen molar-refractivity contribution in [2.45, 2.75) is 25.0 Å². The third kappa shape index (κ3) is 5.23. The first-order valence-corrected chi connectivity index (χ1v) is 8.19. The summed E-state index contributed by atoms with van der Waals surface area (Å²) in [5.41, 5.74) is 0. The van der Waals surface area contributed by atoms with Crippen molar-refractivity contribution < 1.29 is 14.6 Å². The van der Waals surface area contributed by atoms with E-state index >= 15 is 0 Å². The van der Waals surface area contributed by atoms with E-state index in [4.69, 9.17) is 9.47 Å². The normalized spacial score (nSPS) is 17.7. The quantitative estimate of drug-likeness (QED) is 0.805. The lowest BCUT2D eigenvalue weighted by molar-refractivity contribution is 0.103. The number of nitrogens with one attached hydrogen (secondary N) is 1. The first kappa shape index (κ1) is 15.5. The number of hydrogen-bond acceptors (Lipinski definition) is 5. The van der Waals surface area contributed by atoms with Gasteiger partial charge in [-0.1, -0.05) is 6.07 Å². The van der Waals surface area contributed by atoms with E-state index in [1.54, 1.807) is 7.11 Å². The monoisotopic (exact) mass is 297 g/mol. The molecule has 0 unspecified atom stereocenters. The van der Waals surface area contributed by atoms with E-state index in [-0.39, 0.29) is 0 Å². The molecule has 1 aromatic carbocycles. The first-order chi connectivity index (χ1) is 9.78. The van der Waals surface area contributed by atoms with Crippen molar-refractivity contribution in [2.24, 2.45) is 0 Å². The zero-order valence-electron chi connectivity index (χ0n) is 11.9. The lowest BCUT2D eigenvalue weighted by Crippen LogP contribution is -2.39. The van der Waals surface area contributed by atoms with E-state index < -0.39 is 6.10 Å². The maximum Gasteiger partial charge on any atom is 0.123 e. The van der Waals surface area contributed by atoms with Gasteiger partial charge in [-0.2, -0.15) is 11.8 Å². The number of benzene rings is 1. The maximum absolute atomic E-state index is 9.94. The van der Waals surface area contributed by atoms with Crippen molar-refractivity contribution in [1.82, 2.24) is 5.32 Å². The number of methoxy groups -OCH3 is 1. The second-order valence-electron chi connectivity index (χ2n) is 4.94. The largest absolute Gasteiger partial charge is 0.497 e. The summed E-state index contributed by atoms with van der Waals surface area (Å²) in [5.74, 6) is 3.91. The molecule has 1 aliphatic heterocycles. The fraction of sp³-hybridized carbons (Fsp3) is 0.600. The summed E-state index contributed by atoms with van der Waals surface area (Å²) in [7, 11) is 1.63. The molecule has 0 spiro atoms. The third-order valence-corrected chi connectivity index (χ3v) is 4.40. The summed E-state index contributed by atoms with van der Waals surface area (Å²) in [6.07, 6.45) is 1.89. The second kappa shape index (κ2) is 8.39. The lowest BCUT2D eigenvalue weighted by Gasteiger charge is -2.24. The highest BCUT2D eigenvalue weighted by Gasteiger charge is 2.14. The van der Waals surface area contributed by atoms with Gasteiger partial charge in [0, 0.05) is 18.7 Å². The molecule has 0 aromatic heterocycles. The average molecular weight is 297 g/mol.